The minimum atomic E-state index is -1.17. The minimum absolute atomic E-state index is 0.0357. The molecular weight excluding hydrogens is 356 g/mol. The zero-order chi connectivity index (χ0) is 19.9. The summed E-state index contributed by atoms with van der Waals surface area (Å²) in [6, 6.07) is 21.7. The maximum Gasteiger partial charge on any atom is 0.322 e. The van der Waals surface area contributed by atoms with Crippen molar-refractivity contribution in [3.63, 3.8) is 0 Å². The maximum absolute atomic E-state index is 12.5. The van der Waals surface area contributed by atoms with Gasteiger partial charge in [0.1, 0.15) is 12.2 Å². The van der Waals surface area contributed by atoms with Gasteiger partial charge in [-0.1, -0.05) is 60.7 Å². The van der Waals surface area contributed by atoms with Crippen LogP contribution in [0.15, 0.2) is 78.5 Å². The van der Waals surface area contributed by atoms with Gasteiger partial charge in [0, 0.05) is 5.56 Å². The van der Waals surface area contributed by atoms with E-state index in [1.165, 1.54) is 0 Å². The van der Waals surface area contributed by atoms with Crippen LogP contribution >= 0.6 is 0 Å². The average molecular weight is 374 g/mol. The minimum Gasteiger partial charge on any atom is -0.480 e. The van der Waals surface area contributed by atoms with Crippen LogP contribution in [0.3, 0.4) is 0 Å². The van der Waals surface area contributed by atoms with Crippen molar-refractivity contribution >= 4 is 34.6 Å². The van der Waals surface area contributed by atoms with Gasteiger partial charge in [-0.25, -0.2) is 0 Å². The highest BCUT2D eigenvalue weighted by molar-refractivity contribution is 6.07. The highest BCUT2D eigenvalue weighted by atomic mass is 16.4. The van der Waals surface area contributed by atoms with E-state index >= 15 is 0 Å². The van der Waals surface area contributed by atoms with Gasteiger partial charge in [-0.2, -0.15) is 0 Å². The molecule has 0 heterocycles. The smallest absolute Gasteiger partial charge is 0.322 e. The molecule has 6 heteroatoms. The number of amides is 2. The fraction of sp³-hybridized carbons (Fsp3) is 0.0455. The molecule has 0 aliphatic rings. The second-order valence-electron chi connectivity index (χ2n) is 6.02. The molecule has 0 saturated carbocycles. The predicted molar refractivity (Wildman–Crippen MR) is 106 cm³/mol. The van der Waals surface area contributed by atoms with E-state index in [9.17, 15) is 14.4 Å². The SMILES string of the molecule is O=C(O)CNC(=O)/C(=C\c1cccc2ccccc12)NC(=O)c1ccccc1. The van der Waals surface area contributed by atoms with E-state index in [0.29, 0.717) is 5.56 Å². The van der Waals surface area contributed by atoms with Gasteiger partial charge in [0.2, 0.25) is 0 Å². The molecule has 2 amide bonds. The Labute approximate surface area is 161 Å². The standard InChI is InChI=1S/C22H18N2O4/c25-20(26)14-23-22(28)19(24-21(27)16-8-2-1-3-9-16)13-17-11-6-10-15-7-4-5-12-18(15)17/h1-13H,14H2,(H,23,28)(H,24,27)(H,25,26)/b19-13+. The van der Waals surface area contributed by atoms with Crippen molar-refractivity contribution in [2.24, 2.45) is 0 Å². The highest BCUT2D eigenvalue weighted by Gasteiger charge is 2.15. The molecule has 0 aliphatic carbocycles. The monoisotopic (exact) mass is 374 g/mol. The molecule has 3 N–H and O–H groups in total. The third kappa shape index (κ3) is 4.62. The van der Waals surface area contributed by atoms with E-state index in [1.54, 1.807) is 36.4 Å². The van der Waals surface area contributed by atoms with Gasteiger partial charge in [-0.15, -0.1) is 0 Å². The molecule has 0 unspecified atom stereocenters. The topological polar surface area (TPSA) is 95.5 Å². The molecule has 0 radical (unpaired) electrons. The zero-order valence-electron chi connectivity index (χ0n) is 14.9. The molecule has 28 heavy (non-hydrogen) atoms. The third-order valence-electron chi connectivity index (χ3n) is 4.05. The molecule has 3 rings (SSSR count). The number of carbonyl (C=O) groups is 3. The molecule has 3 aromatic rings. The highest BCUT2D eigenvalue weighted by Crippen LogP contribution is 2.20. The lowest BCUT2D eigenvalue weighted by molar-refractivity contribution is -0.137. The Morgan fingerprint density at radius 2 is 1.54 bits per heavy atom. The van der Waals surface area contributed by atoms with Crippen LogP contribution in [0.2, 0.25) is 0 Å². The van der Waals surface area contributed by atoms with Crippen LogP contribution < -0.4 is 10.6 Å². The zero-order valence-corrected chi connectivity index (χ0v) is 14.9. The van der Waals surface area contributed by atoms with Crippen molar-refractivity contribution in [3.8, 4) is 0 Å². The van der Waals surface area contributed by atoms with Crippen LogP contribution in [0.4, 0.5) is 0 Å². The number of nitrogens with one attached hydrogen (secondary N) is 2. The summed E-state index contributed by atoms with van der Waals surface area (Å²) in [6.45, 7) is -0.549. The fourth-order valence-electron chi connectivity index (χ4n) is 2.73. The summed E-state index contributed by atoms with van der Waals surface area (Å²) in [4.78, 5) is 35.8. The first-order valence-corrected chi connectivity index (χ1v) is 8.60. The first kappa shape index (κ1) is 18.8. The largest absolute Gasteiger partial charge is 0.480 e. The second-order valence-corrected chi connectivity index (χ2v) is 6.02. The van der Waals surface area contributed by atoms with Crippen LogP contribution in [0.5, 0.6) is 0 Å². The Morgan fingerprint density at radius 1 is 0.857 bits per heavy atom. The van der Waals surface area contributed by atoms with E-state index in [2.05, 4.69) is 10.6 Å². The molecule has 0 fully saturated rings. The molecule has 0 aromatic heterocycles. The number of benzene rings is 3. The molecule has 0 atom stereocenters. The Balaban J connectivity index is 1.97. The van der Waals surface area contributed by atoms with Gasteiger partial charge in [0.15, 0.2) is 0 Å². The van der Waals surface area contributed by atoms with Crippen molar-refractivity contribution in [2.75, 3.05) is 6.54 Å². The number of fused-ring (bicyclic) bond motifs is 1. The third-order valence-corrected chi connectivity index (χ3v) is 4.05. The van der Waals surface area contributed by atoms with Crippen LogP contribution in [0.25, 0.3) is 16.8 Å². The van der Waals surface area contributed by atoms with Gasteiger partial charge in [0.05, 0.1) is 0 Å². The van der Waals surface area contributed by atoms with Crippen molar-refractivity contribution in [1.29, 1.82) is 0 Å². The molecule has 0 aliphatic heterocycles. The van der Waals surface area contributed by atoms with E-state index in [1.807, 2.05) is 42.5 Å². The lowest BCUT2D eigenvalue weighted by atomic mass is 10.0. The fourth-order valence-corrected chi connectivity index (χ4v) is 2.73. The summed E-state index contributed by atoms with van der Waals surface area (Å²) in [6.07, 6.45) is 1.54. The van der Waals surface area contributed by atoms with Gasteiger partial charge in [0.25, 0.3) is 11.8 Å². The summed E-state index contributed by atoms with van der Waals surface area (Å²) in [5, 5.41) is 15.6. The normalized spacial score (nSPS) is 11.1. The molecule has 140 valence electrons. The number of carboxylic acid groups (broad SMARTS) is 1. The summed E-state index contributed by atoms with van der Waals surface area (Å²) < 4.78 is 0. The molecule has 0 bridgehead atoms. The van der Waals surface area contributed by atoms with Crippen LogP contribution in [-0.4, -0.2) is 29.4 Å². The Bertz CT molecular complexity index is 1050. The van der Waals surface area contributed by atoms with Crippen molar-refractivity contribution in [3.05, 3.63) is 89.6 Å². The van der Waals surface area contributed by atoms with Crippen molar-refractivity contribution < 1.29 is 19.5 Å². The van der Waals surface area contributed by atoms with Crippen molar-refractivity contribution in [1.82, 2.24) is 10.6 Å². The summed E-state index contributed by atoms with van der Waals surface area (Å²) in [5.41, 5.74) is 1.08. The van der Waals surface area contributed by atoms with Gasteiger partial charge < -0.3 is 15.7 Å². The number of rotatable bonds is 6. The summed E-state index contributed by atoms with van der Waals surface area (Å²) in [5.74, 6) is -2.32. The second kappa shape index (κ2) is 8.64. The summed E-state index contributed by atoms with van der Waals surface area (Å²) in [7, 11) is 0. The average Bonchev–Trinajstić information content (AvgIpc) is 2.72. The Hall–Kier alpha value is -3.93. The van der Waals surface area contributed by atoms with Crippen LogP contribution in [0, 0.1) is 0 Å². The van der Waals surface area contributed by atoms with Gasteiger partial charge in [-0.05, 0) is 34.5 Å². The Morgan fingerprint density at radius 3 is 2.29 bits per heavy atom. The number of carbonyl (C=O) groups excluding carboxylic acids is 2. The van der Waals surface area contributed by atoms with Gasteiger partial charge >= 0.3 is 5.97 Å². The molecule has 3 aromatic carbocycles. The van der Waals surface area contributed by atoms with E-state index in [0.717, 1.165) is 16.3 Å². The predicted octanol–water partition coefficient (Wildman–Crippen LogP) is 2.81. The molecule has 0 saturated heterocycles. The lowest BCUT2D eigenvalue weighted by Gasteiger charge is -2.11. The van der Waals surface area contributed by atoms with E-state index in [4.69, 9.17) is 5.11 Å². The van der Waals surface area contributed by atoms with E-state index in [-0.39, 0.29) is 5.70 Å². The summed E-state index contributed by atoms with van der Waals surface area (Å²) >= 11 is 0. The molecule has 0 spiro atoms. The molecular formula is C22H18N2O4. The first-order chi connectivity index (χ1) is 13.5. The number of hydrogen-bond donors (Lipinski definition) is 3. The lowest BCUT2D eigenvalue weighted by Crippen LogP contribution is -2.37. The van der Waals surface area contributed by atoms with Gasteiger partial charge in [-0.3, -0.25) is 14.4 Å². The quantitative estimate of drug-likeness (QED) is 0.578. The first-order valence-electron chi connectivity index (χ1n) is 8.60. The van der Waals surface area contributed by atoms with Crippen LogP contribution in [-0.2, 0) is 9.59 Å². The maximum atomic E-state index is 12.5. The van der Waals surface area contributed by atoms with Crippen molar-refractivity contribution in [2.45, 2.75) is 0 Å². The van der Waals surface area contributed by atoms with E-state index < -0.39 is 24.3 Å². The number of aliphatic carboxylic acids is 1. The molecule has 6 nitrogen and oxygen atoms in total. The number of hydrogen-bond acceptors (Lipinski definition) is 3. The Kier molecular flexibility index (Phi) is 5.81. The number of carboxylic acids is 1. The van der Waals surface area contributed by atoms with Crippen LogP contribution in [0.1, 0.15) is 15.9 Å².